The van der Waals surface area contributed by atoms with Crippen LogP contribution in [-0.4, -0.2) is 32.7 Å². The van der Waals surface area contributed by atoms with Crippen molar-refractivity contribution < 1.29 is 13.3 Å². The number of thiophene rings is 1. The highest BCUT2D eigenvalue weighted by atomic mass is 32.2. The number of nitro groups is 1. The van der Waals surface area contributed by atoms with Gasteiger partial charge in [-0.1, -0.05) is 0 Å². The van der Waals surface area contributed by atoms with Gasteiger partial charge in [0.15, 0.2) is 0 Å². The summed E-state index contributed by atoms with van der Waals surface area (Å²) < 4.78 is 24.2. The number of sulfonamides is 1. The molecule has 0 saturated heterocycles. The maximum atomic E-state index is 10.9. The number of benzene rings is 1. The van der Waals surface area contributed by atoms with E-state index >= 15 is 0 Å². The van der Waals surface area contributed by atoms with Crippen LogP contribution in [0, 0.1) is 10.1 Å². The monoisotopic (exact) mass is 355 g/mol. The molecule has 23 heavy (non-hydrogen) atoms. The summed E-state index contributed by atoms with van der Waals surface area (Å²) in [6.45, 7) is 1.53. The molecule has 9 heteroatoms. The molecule has 0 spiro atoms. The second-order valence-corrected chi connectivity index (χ2v) is 7.91. The Morgan fingerprint density at radius 2 is 1.83 bits per heavy atom. The van der Waals surface area contributed by atoms with Crippen molar-refractivity contribution in [1.82, 2.24) is 10.0 Å². The van der Waals surface area contributed by atoms with Crippen LogP contribution in [0.2, 0.25) is 0 Å². The largest absolute Gasteiger partial charge is 0.311 e. The van der Waals surface area contributed by atoms with Crippen molar-refractivity contribution in [2.45, 2.75) is 6.54 Å². The molecule has 2 N–H and O–H groups in total. The lowest BCUT2D eigenvalue weighted by molar-refractivity contribution is -0.384. The van der Waals surface area contributed by atoms with Gasteiger partial charge in [0.2, 0.25) is 10.0 Å². The smallest absolute Gasteiger partial charge is 0.269 e. The summed E-state index contributed by atoms with van der Waals surface area (Å²) >= 11 is 1.59. The maximum Gasteiger partial charge on any atom is 0.269 e. The summed E-state index contributed by atoms with van der Waals surface area (Å²) in [6.07, 6.45) is 1.13. The molecule has 0 fully saturated rings. The van der Waals surface area contributed by atoms with E-state index in [-0.39, 0.29) is 5.69 Å². The molecule has 0 unspecified atom stereocenters. The number of hydrogen-bond donors (Lipinski definition) is 2. The van der Waals surface area contributed by atoms with Crippen LogP contribution in [0.15, 0.2) is 36.4 Å². The zero-order chi connectivity index (χ0) is 16.9. The van der Waals surface area contributed by atoms with Gasteiger partial charge in [0.1, 0.15) is 0 Å². The van der Waals surface area contributed by atoms with Gasteiger partial charge in [-0.2, -0.15) is 0 Å². The SMILES string of the molecule is CS(=O)(=O)NCCNCc1ccc(-c2ccc([N+](=O)[O-])cc2)s1. The lowest BCUT2D eigenvalue weighted by Crippen LogP contribution is -2.30. The van der Waals surface area contributed by atoms with Crippen molar-refractivity contribution in [2.75, 3.05) is 19.3 Å². The molecule has 0 aliphatic rings. The third-order valence-electron chi connectivity index (χ3n) is 2.99. The molecule has 0 amide bonds. The van der Waals surface area contributed by atoms with Gasteiger partial charge in [0.05, 0.1) is 11.2 Å². The van der Waals surface area contributed by atoms with Crippen LogP contribution in [0.1, 0.15) is 4.88 Å². The Balaban J connectivity index is 1.87. The van der Waals surface area contributed by atoms with Gasteiger partial charge in [-0.05, 0) is 29.8 Å². The first-order valence-corrected chi connectivity index (χ1v) is 9.55. The van der Waals surface area contributed by atoms with Gasteiger partial charge in [-0.25, -0.2) is 13.1 Å². The Kier molecular flexibility index (Phi) is 5.83. The van der Waals surface area contributed by atoms with Crippen LogP contribution in [0.3, 0.4) is 0 Å². The molecule has 0 saturated carbocycles. The predicted molar refractivity (Wildman–Crippen MR) is 91.0 cm³/mol. The fraction of sp³-hybridized carbons (Fsp3) is 0.286. The Bertz CT molecular complexity index is 770. The van der Waals surface area contributed by atoms with E-state index in [0.29, 0.717) is 19.6 Å². The van der Waals surface area contributed by atoms with E-state index < -0.39 is 14.9 Å². The Hall–Kier alpha value is -1.81. The third-order valence-corrected chi connectivity index (χ3v) is 4.85. The van der Waals surface area contributed by atoms with Crippen LogP contribution in [-0.2, 0) is 16.6 Å². The minimum atomic E-state index is -3.15. The molecule has 0 bridgehead atoms. The molecule has 1 aromatic carbocycles. The zero-order valence-electron chi connectivity index (χ0n) is 12.5. The predicted octanol–water partition coefficient (Wildman–Crippen LogP) is 1.96. The molecule has 1 aromatic heterocycles. The number of hydrogen-bond acceptors (Lipinski definition) is 6. The average molecular weight is 355 g/mol. The summed E-state index contributed by atoms with van der Waals surface area (Å²) in [7, 11) is -3.15. The van der Waals surface area contributed by atoms with E-state index in [1.165, 1.54) is 12.1 Å². The molecule has 124 valence electrons. The lowest BCUT2D eigenvalue weighted by atomic mass is 10.2. The number of nitrogens with zero attached hydrogens (tertiary/aromatic N) is 1. The molecule has 2 rings (SSSR count). The Morgan fingerprint density at radius 3 is 2.43 bits per heavy atom. The minimum Gasteiger partial charge on any atom is -0.311 e. The average Bonchev–Trinajstić information content (AvgIpc) is 2.94. The first-order valence-electron chi connectivity index (χ1n) is 6.84. The Morgan fingerprint density at radius 1 is 1.13 bits per heavy atom. The molecule has 1 heterocycles. The van der Waals surface area contributed by atoms with Crippen molar-refractivity contribution in [2.24, 2.45) is 0 Å². The topological polar surface area (TPSA) is 101 Å². The molecule has 0 atom stereocenters. The fourth-order valence-corrected chi connectivity index (χ4v) is 3.37. The van der Waals surface area contributed by atoms with Crippen LogP contribution in [0.4, 0.5) is 5.69 Å². The first-order chi connectivity index (χ1) is 10.8. The van der Waals surface area contributed by atoms with Crippen molar-refractivity contribution in [3.63, 3.8) is 0 Å². The van der Waals surface area contributed by atoms with E-state index in [0.717, 1.165) is 21.6 Å². The highest BCUT2D eigenvalue weighted by Gasteiger charge is 2.07. The van der Waals surface area contributed by atoms with Crippen LogP contribution in [0.5, 0.6) is 0 Å². The van der Waals surface area contributed by atoms with E-state index in [2.05, 4.69) is 10.0 Å². The summed E-state index contributed by atoms with van der Waals surface area (Å²) in [5.74, 6) is 0. The number of non-ortho nitro benzene ring substituents is 1. The molecule has 0 aliphatic carbocycles. The lowest BCUT2D eigenvalue weighted by Gasteiger charge is -2.03. The molecular formula is C14H17N3O4S2. The third kappa shape index (κ3) is 5.71. The van der Waals surface area contributed by atoms with Gasteiger partial charge in [-0.15, -0.1) is 11.3 Å². The molecule has 7 nitrogen and oxygen atoms in total. The van der Waals surface area contributed by atoms with Gasteiger partial charge >= 0.3 is 0 Å². The van der Waals surface area contributed by atoms with Crippen molar-refractivity contribution in [3.8, 4) is 10.4 Å². The molecule has 0 aliphatic heterocycles. The van der Waals surface area contributed by atoms with Crippen LogP contribution >= 0.6 is 11.3 Å². The van der Waals surface area contributed by atoms with Crippen LogP contribution < -0.4 is 10.0 Å². The van der Waals surface area contributed by atoms with Crippen molar-refractivity contribution in [1.29, 1.82) is 0 Å². The standard InChI is InChI=1S/C14H17N3O4S2/c1-23(20,21)16-9-8-15-10-13-6-7-14(22-13)11-2-4-12(5-3-11)17(18)19/h2-7,15-16H,8-10H2,1H3. The second-order valence-electron chi connectivity index (χ2n) is 4.91. The molecule has 2 aromatic rings. The van der Waals surface area contributed by atoms with E-state index in [9.17, 15) is 18.5 Å². The zero-order valence-corrected chi connectivity index (χ0v) is 14.1. The minimum absolute atomic E-state index is 0.0746. The number of nitro benzene ring substituents is 1. The van der Waals surface area contributed by atoms with E-state index in [1.54, 1.807) is 23.5 Å². The van der Waals surface area contributed by atoms with Crippen molar-refractivity contribution >= 4 is 27.0 Å². The molecule has 0 radical (unpaired) electrons. The quantitative estimate of drug-likeness (QED) is 0.428. The first kappa shape index (κ1) is 17.5. The maximum absolute atomic E-state index is 10.9. The normalized spacial score (nSPS) is 11.5. The highest BCUT2D eigenvalue weighted by Crippen LogP contribution is 2.29. The summed E-state index contributed by atoms with van der Waals surface area (Å²) in [6, 6.07) is 10.4. The van der Waals surface area contributed by atoms with Gasteiger partial charge in [-0.3, -0.25) is 10.1 Å². The Labute approximate surface area is 138 Å². The van der Waals surface area contributed by atoms with Gasteiger partial charge in [0.25, 0.3) is 5.69 Å². The van der Waals surface area contributed by atoms with E-state index in [1.807, 2.05) is 12.1 Å². The van der Waals surface area contributed by atoms with Crippen molar-refractivity contribution in [3.05, 3.63) is 51.4 Å². The van der Waals surface area contributed by atoms with E-state index in [4.69, 9.17) is 0 Å². The molecular weight excluding hydrogens is 338 g/mol. The summed E-state index contributed by atoms with van der Waals surface area (Å²) in [5, 5.41) is 13.8. The summed E-state index contributed by atoms with van der Waals surface area (Å²) in [5.41, 5.74) is 1.01. The number of rotatable bonds is 8. The second kappa shape index (κ2) is 7.64. The van der Waals surface area contributed by atoms with Crippen LogP contribution in [0.25, 0.3) is 10.4 Å². The van der Waals surface area contributed by atoms with Gasteiger partial charge < -0.3 is 5.32 Å². The summed E-state index contributed by atoms with van der Waals surface area (Å²) in [4.78, 5) is 12.4. The number of nitrogens with one attached hydrogen (secondary N) is 2. The van der Waals surface area contributed by atoms with Gasteiger partial charge in [0, 0.05) is 41.5 Å². The highest BCUT2D eigenvalue weighted by molar-refractivity contribution is 7.88. The fourth-order valence-electron chi connectivity index (χ4n) is 1.91.